The summed E-state index contributed by atoms with van der Waals surface area (Å²) in [4.78, 5) is 20.1. The van der Waals surface area contributed by atoms with Crippen molar-refractivity contribution in [2.45, 2.75) is 13.8 Å². The number of carbonyl (C=O) groups is 1. The molecule has 0 bridgehead atoms. The van der Waals surface area contributed by atoms with Crippen molar-refractivity contribution in [1.29, 1.82) is 0 Å². The molecule has 7 nitrogen and oxygen atoms in total. The Kier molecular flexibility index (Phi) is 8.25. The summed E-state index contributed by atoms with van der Waals surface area (Å²) in [6.07, 6.45) is 6.13. The number of benzene rings is 2. The van der Waals surface area contributed by atoms with Crippen molar-refractivity contribution >= 4 is 71.7 Å². The summed E-state index contributed by atoms with van der Waals surface area (Å²) in [5.41, 5.74) is 11.5. The predicted octanol–water partition coefficient (Wildman–Crippen LogP) is 7.42. The summed E-state index contributed by atoms with van der Waals surface area (Å²) >= 11 is 5.15. The third-order valence-corrected chi connectivity index (χ3v) is 8.73. The fourth-order valence-electron chi connectivity index (χ4n) is 4.92. The molecule has 5 rings (SSSR count). The minimum absolute atomic E-state index is 0.212. The molecule has 0 aliphatic rings. The normalized spacial score (nSPS) is 11.8. The van der Waals surface area contributed by atoms with Gasteiger partial charge >= 0.3 is 0 Å². The van der Waals surface area contributed by atoms with E-state index in [0.29, 0.717) is 22.9 Å². The molecule has 3 N–H and O–H groups in total. The number of rotatable bonds is 9. The molecule has 0 atom stereocenters. The Bertz CT molecular complexity index is 1740. The van der Waals surface area contributed by atoms with E-state index in [1.165, 1.54) is 0 Å². The van der Waals surface area contributed by atoms with Crippen molar-refractivity contribution < 1.29 is 9.53 Å². The maximum atomic E-state index is 13.3. The number of methoxy groups -OCH3 is 1. The first-order valence-corrected chi connectivity index (χ1v) is 14.8. The number of nitrogens with two attached hydrogens (primary N) is 1. The fourth-order valence-corrected chi connectivity index (χ4v) is 6.37. The summed E-state index contributed by atoms with van der Waals surface area (Å²) < 4.78 is 9.65. The fraction of sp³-hybridized carbons (Fsp3) is 0.226. The number of pyridine rings is 1. The van der Waals surface area contributed by atoms with Gasteiger partial charge in [-0.2, -0.15) is 0 Å². The van der Waals surface area contributed by atoms with Crippen molar-refractivity contribution in [3.05, 3.63) is 75.8 Å². The van der Waals surface area contributed by atoms with E-state index in [-0.39, 0.29) is 5.91 Å². The van der Waals surface area contributed by atoms with Crippen LogP contribution in [0.25, 0.3) is 38.2 Å². The molecule has 1 amide bonds. The second-order valence-electron chi connectivity index (χ2n) is 9.50. The Balaban J connectivity index is 1.44. The monoisotopic (exact) mass is 617 g/mol. The molecule has 0 saturated carbocycles. The van der Waals surface area contributed by atoms with Gasteiger partial charge in [0.2, 0.25) is 0 Å². The highest BCUT2D eigenvalue weighted by molar-refractivity contribution is 9.10. The number of halogens is 1. The highest BCUT2D eigenvalue weighted by atomic mass is 79.9. The zero-order valence-corrected chi connectivity index (χ0v) is 25.4. The quantitative estimate of drug-likeness (QED) is 0.180. The Morgan fingerprint density at radius 3 is 2.75 bits per heavy atom. The first-order chi connectivity index (χ1) is 19.3. The number of aromatic nitrogens is 2. The van der Waals surface area contributed by atoms with Crippen LogP contribution < -0.4 is 15.8 Å². The lowest BCUT2D eigenvalue weighted by atomic mass is 10.0. The van der Waals surface area contributed by atoms with Crippen molar-refractivity contribution in [3.63, 3.8) is 0 Å². The molecule has 40 heavy (non-hydrogen) atoms. The summed E-state index contributed by atoms with van der Waals surface area (Å²) in [6, 6.07) is 13.6. The number of nitrogen functional groups attached to an aromatic ring is 1. The minimum Gasteiger partial charge on any atom is -0.495 e. The molecule has 0 fully saturated rings. The number of likely N-dealkylation sites (N-methyl/N-ethyl adjacent to an activating group) is 1. The smallest absolute Gasteiger partial charge is 0.272 e. The van der Waals surface area contributed by atoms with Crippen LogP contribution in [0.15, 0.2) is 64.6 Å². The standard InChI is InChI=1S/C31H32BrN5O2S/c1-5-37(6-2)13-7-8-20-17-34-30(33)28-23(18-40-29(20)28)19-9-11-24(27(16-19)39-4)35-31(38)26-15-21-14-22(32)10-12-25(21)36(26)3/h7-12,14-18H,5-6,13H2,1-4H3,(H2,33,34)(H,35,38). The van der Waals surface area contributed by atoms with E-state index >= 15 is 0 Å². The molecule has 3 heterocycles. The third kappa shape index (κ3) is 5.37. The number of carbonyl (C=O) groups excluding carboxylic acids is 1. The van der Waals surface area contributed by atoms with Gasteiger partial charge in [0.05, 0.1) is 12.8 Å². The van der Waals surface area contributed by atoms with Crippen LogP contribution in [0.4, 0.5) is 11.5 Å². The number of amides is 1. The largest absolute Gasteiger partial charge is 0.495 e. The maximum Gasteiger partial charge on any atom is 0.272 e. The Morgan fingerprint density at radius 1 is 1.20 bits per heavy atom. The molecular formula is C31H32BrN5O2S. The van der Waals surface area contributed by atoms with Gasteiger partial charge in [-0.25, -0.2) is 4.98 Å². The van der Waals surface area contributed by atoms with Gasteiger partial charge in [0, 0.05) is 56.4 Å². The zero-order chi connectivity index (χ0) is 28.4. The van der Waals surface area contributed by atoms with E-state index < -0.39 is 0 Å². The van der Waals surface area contributed by atoms with Crippen LogP contribution >= 0.6 is 27.3 Å². The molecule has 0 spiro atoms. The molecule has 0 aliphatic heterocycles. The lowest BCUT2D eigenvalue weighted by Gasteiger charge is -2.14. The predicted molar refractivity (Wildman–Crippen MR) is 171 cm³/mol. The van der Waals surface area contributed by atoms with E-state index in [9.17, 15) is 4.79 Å². The first-order valence-electron chi connectivity index (χ1n) is 13.1. The number of aryl methyl sites for hydroxylation is 1. The second kappa shape index (κ2) is 11.8. The second-order valence-corrected chi connectivity index (χ2v) is 11.3. The molecule has 5 aromatic rings. The van der Waals surface area contributed by atoms with Crippen LogP contribution in [0.5, 0.6) is 5.75 Å². The van der Waals surface area contributed by atoms with Crippen LogP contribution in [-0.4, -0.2) is 47.1 Å². The van der Waals surface area contributed by atoms with Crippen LogP contribution in [0, 0.1) is 0 Å². The van der Waals surface area contributed by atoms with Crippen molar-refractivity contribution in [2.24, 2.45) is 7.05 Å². The van der Waals surface area contributed by atoms with Gasteiger partial charge in [-0.05, 0) is 60.4 Å². The number of hydrogen-bond donors (Lipinski definition) is 2. The average molecular weight is 619 g/mol. The van der Waals surface area contributed by atoms with Crippen LogP contribution in [0.2, 0.25) is 0 Å². The Hall–Kier alpha value is -3.66. The average Bonchev–Trinajstić information content (AvgIpc) is 3.54. The first kappa shape index (κ1) is 27.9. The molecule has 3 aromatic heterocycles. The van der Waals surface area contributed by atoms with E-state index in [1.54, 1.807) is 18.4 Å². The number of ether oxygens (including phenoxy) is 1. The lowest BCUT2D eigenvalue weighted by molar-refractivity contribution is 0.101. The molecule has 0 aliphatic carbocycles. The van der Waals surface area contributed by atoms with Gasteiger partial charge < -0.3 is 25.3 Å². The van der Waals surface area contributed by atoms with Crippen LogP contribution in [0.3, 0.4) is 0 Å². The molecular weight excluding hydrogens is 586 g/mol. The summed E-state index contributed by atoms with van der Waals surface area (Å²) in [5, 5.41) is 7.04. The summed E-state index contributed by atoms with van der Waals surface area (Å²) in [5.74, 6) is 0.843. The molecule has 206 valence electrons. The summed E-state index contributed by atoms with van der Waals surface area (Å²) in [6.45, 7) is 7.24. The number of thiophene rings is 1. The van der Waals surface area contributed by atoms with Gasteiger partial charge in [-0.3, -0.25) is 4.79 Å². The number of fused-ring (bicyclic) bond motifs is 2. The Morgan fingerprint density at radius 2 is 2.00 bits per heavy atom. The van der Waals surface area contributed by atoms with Gasteiger partial charge in [0.25, 0.3) is 5.91 Å². The third-order valence-electron chi connectivity index (χ3n) is 7.21. The van der Waals surface area contributed by atoms with Gasteiger partial charge in [0.1, 0.15) is 17.3 Å². The highest BCUT2D eigenvalue weighted by Crippen LogP contribution is 2.41. The molecule has 0 radical (unpaired) electrons. The van der Waals surface area contributed by atoms with Crippen molar-refractivity contribution in [3.8, 4) is 16.9 Å². The zero-order valence-electron chi connectivity index (χ0n) is 23.0. The number of anilines is 2. The number of nitrogens with one attached hydrogen (secondary N) is 1. The molecule has 0 saturated heterocycles. The topological polar surface area (TPSA) is 85.4 Å². The van der Waals surface area contributed by atoms with Crippen molar-refractivity contribution in [2.75, 3.05) is 37.8 Å². The molecule has 0 unspecified atom stereocenters. The number of hydrogen-bond acceptors (Lipinski definition) is 6. The number of nitrogens with zero attached hydrogens (tertiary/aromatic N) is 3. The van der Waals surface area contributed by atoms with E-state index in [4.69, 9.17) is 10.5 Å². The molecule has 2 aromatic carbocycles. The van der Waals surface area contributed by atoms with Gasteiger partial charge in [-0.1, -0.05) is 48.0 Å². The SMILES string of the molecule is CCN(CC)CC=Cc1cnc(N)c2c(-c3ccc(NC(=O)c4cc5cc(Br)ccc5n4C)c(OC)c3)csc12. The molecule has 9 heteroatoms. The maximum absolute atomic E-state index is 13.3. The van der Waals surface area contributed by atoms with Crippen molar-refractivity contribution in [1.82, 2.24) is 14.5 Å². The van der Waals surface area contributed by atoms with Crippen LogP contribution in [-0.2, 0) is 7.05 Å². The van der Waals surface area contributed by atoms with Crippen LogP contribution in [0.1, 0.15) is 29.9 Å². The summed E-state index contributed by atoms with van der Waals surface area (Å²) in [7, 11) is 3.49. The van der Waals surface area contributed by atoms with Gasteiger partial charge in [0.15, 0.2) is 0 Å². The van der Waals surface area contributed by atoms with E-state index in [1.807, 2.05) is 60.3 Å². The van der Waals surface area contributed by atoms with E-state index in [2.05, 4.69) is 62.5 Å². The van der Waals surface area contributed by atoms with E-state index in [0.717, 1.165) is 61.8 Å². The Labute approximate surface area is 246 Å². The highest BCUT2D eigenvalue weighted by Gasteiger charge is 2.18. The minimum atomic E-state index is -0.212. The van der Waals surface area contributed by atoms with Gasteiger partial charge in [-0.15, -0.1) is 11.3 Å². The lowest BCUT2D eigenvalue weighted by Crippen LogP contribution is -2.22.